The summed E-state index contributed by atoms with van der Waals surface area (Å²) in [7, 11) is 1.49. The first-order chi connectivity index (χ1) is 20.7. The molecule has 226 valence electrons. The molecule has 0 aromatic heterocycles. The van der Waals surface area contributed by atoms with E-state index in [1.54, 1.807) is 0 Å². The second-order valence-electron chi connectivity index (χ2n) is 14.1. The average molecular weight is 581 g/mol. The molecule has 43 heavy (non-hydrogen) atoms. The van der Waals surface area contributed by atoms with Crippen LogP contribution in [0.1, 0.15) is 73.6 Å². The van der Waals surface area contributed by atoms with Crippen molar-refractivity contribution >= 4 is 16.6 Å². The number of carbonyl (C=O) groups excluding carboxylic acids is 1. The number of hydrogen-bond donors (Lipinski definition) is 3. The number of methoxy groups -OCH3 is 1. The monoisotopic (exact) mass is 580 g/mol. The van der Waals surface area contributed by atoms with E-state index in [1.165, 1.54) is 12.7 Å². The first-order valence-electron chi connectivity index (χ1n) is 16.0. The topological polar surface area (TPSA) is 87.0 Å². The molecule has 4 aliphatic rings. The highest BCUT2D eigenvalue weighted by Crippen LogP contribution is 2.74. The molecule has 2 spiro atoms. The lowest BCUT2D eigenvalue weighted by molar-refractivity contribution is -0.254. The Bertz CT molecular complexity index is 1600. The van der Waals surface area contributed by atoms with Gasteiger partial charge in [-0.2, -0.15) is 0 Å². The minimum Gasteiger partial charge on any atom is -0.396 e. The predicted molar refractivity (Wildman–Crippen MR) is 168 cm³/mol. The van der Waals surface area contributed by atoms with Gasteiger partial charge in [0.2, 0.25) is 0 Å². The minimum absolute atomic E-state index is 0.0221. The molecule has 3 aromatic rings. The van der Waals surface area contributed by atoms with Crippen LogP contribution < -0.4 is 0 Å². The largest absolute Gasteiger partial charge is 0.396 e. The Hall–Kier alpha value is -2.83. The Balaban J connectivity index is 1.45. The summed E-state index contributed by atoms with van der Waals surface area (Å²) in [4.78, 5) is 14.7. The van der Waals surface area contributed by atoms with Gasteiger partial charge in [0.15, 0.2) is 5.79 Å². The summed E-state index contributed by atoms with van der Waals surface area (Å²) in [5.41, 5.74) is 3.18. The van der Waals surface area contributed by atoms with Gasteiger partial charge in [0.05, 0.1) is 12.0 Å². The molecule has 0 aliphatic heterocycles. The summed E-state index contributed by atoms with van der Waals surface area (Å²) >= 11 is 0. The summed E-state index contributed by atoms with van der Waals surface area (Å²) < 4.78 is 5.94. The van der Waals surface area contributed by atoms with Gasteiger partial charge in [-0.3, -0.25) is 4.79 Å². The van der Waals surface area contributed by atoms with E-state index in [1.807, 2.05) is 0 Å². The molecule has 3 aromatic carbocycles. The van der Waals surface area contributed by atoms with Gasteiger partial charge in [0.25, 0.3) is 0 Å². The molecule has 0 heterocycles. The molecule has 3 N–H and O–H groups in total. The van der Waals surface area contributed by atoms with E-state index in [-0.39, 0.29) is 42.7 Å². The summed E-state index contributed by atoms with van der Waals surface area (Å²) in [5, 5.41) is 35.9. The van der Waals surface area contributed by atoms with Crippen molar-refractivity contribution in [1.82, 2.24) is 0 Å². The lowest BCUT2D eigenvalue weighted by atomic mass is 9.55. The number of aliphatic hydroxyl groups is 3. The minimum atomic E-state index is -1.73. The van der Waals surface area contributed by atoms with Crippen molar-refractivity contribution in [2.75, 3.05) is 20.3 Å². The number of carbonyl (C=O) groups is 1. The first-order valence-corrected chi connectivity index (χ1v) is 16.0. The highest BCUT2D eigenvalue weighted by atomic mass is 16.6. The van der Waals surface area contributed by atoms with Crippen LogP contribution in [0.15, 0.2) is 72.8 Å². The average Bonchev–Trinajstić information content (AvgIpc) is 3.65. The van der Waals surface area contributed by atoms with Crippen molar-refractivity contribution in [3.8, 4) is 0 Å². The molecule has 3 fully saturated rings. The smallest absolute Gasteiger partial charge is 0.185 e. The van der Waals surface area contributed by atoms with Crippen LogP contribution in [-0.2, 0) is 27.8 Å². The fourth-order valence-electron chi connectivity index (χ4n) is 10.4. The summed E-state index contributed by atoms with van der Waals surface area (Å²) in [6.45, 7) is 6.52. The Labute approximate surface area is 254 Å². The van der Waals surface area contributed by atoms with E-state index in [4.69, 9.17) is 4.74 Å². The molecule has 7 bridgehead atoms. The van der Waals surface area contributed by atoms with E-state index >= 15 is 0 Å². The van der Waals surface area contributed by atoms with Crippen molar-refractivity contribution in [2.24, 2.45) is 22.7 Å². The number of ether oxygens (including phenoxy) is 1. The number of hydrogen-bond acceptors (Lipinski definition) is 5. The molecule has 4 aliphatic carbocycles. The zero-order valence-corrected chi connectivity index (χ0v) is 25.4. The lowest BCUT2D eigenvalue weighted by Gasteiger charge is -2.48. The second kappa shape index (κ2) is 10.1. The van der Waals surface area contributed by atoms with Gasteiger partial charge in [-0.1, -0.05) is 92.6 Å². The maximum absolute atomic E-state index is 14.7. The van der Waals surface area contributed by atoms with Gasteiger partial charge in [-0.15, -0.1) is 0 Å². The van der Waals surface area contributed by atoms with Gasteiger partial charge in [0.1, 0.15) is 5.78 Å². The maximum Gasteiger partial charge on any atom is 0.185 e. The number of aryl methyl sites for hydroxylation is 1. The molecule has 0 saturated heterocycles. The predicted octanol–water partition coefficient (Wildman–Crippen LogP) is 6.01. The van der Waals surface area contributed by atoms with E-state index < -0.39 is 22.5 Å². The lowest BCUT2D eigenvalue weighted by Crippen LogP contribution is -2.56. The normalized spacial score (nSPS) is 35.0. The third kappa shape index (κ3) is 3.75. The highest BCUT2D eigenvalue weighted by Gasteiger charge is 2.80. The fraction of sp³-hybridized carbons (Fsp3) is 0.500. The van der Waals surface area contributed by atoms with Crippen LogP contribution in [0.5, 0.6) is 0 Å². The Morgan fingerprint density at radius 2 is 1.70 bits per heavy atom. The molecule has 6 atom stereocenters. The van der Waals surface area contributed by atoms with Crippen molar-refractivity contribution in [3.05, 3.63) is 95.1 Å². The number of Topliss-reactive ketones (excluding diaryl/α,β-unsaturated/α-hetero) is 1. The van der Waals surface area contributed by atoms with Crippen molar-refractivity contribution in [3.63, 3.8) is 0 Å². The van der Waals surface area contributed by atoms with Gasteiger partial charge in [-0.05, 0) is 71.0 Å². The summed E-state index contributed by atoms with van der Waals surface area (Å²) in [6.07, 6.45) is 6.01. The number of fused-ring (bicyclic) bond motifs is 6. The van der Waals surface area contributed by atoms with Crippen LogP contribution in [0.25, 0.3) is 10.8 Å². The van der Waals surface area contributed by atoms with E-state index in [2.05, 4.69) is 74.2 Å². The van der Waals surface area contributed by atoms with Crippen molar-refractivity contribution < 1.29 is 24.9 Å². The Morgan fingerprint density at radius 3 is 2.42 bits per heavy atom. The number of rotatable bonds is 3. The van der Waals surface area contributed by atoms with Crippen molar-refractivity contribution in [2.45, 2.75) is 75.4 Å². The molecule has 5 nitrogen and oxygen atoms in total. The highest BCUT2D eigenvalue weighted by molar-refractivity contribution is 5.90. The second-order valence-corrected chi connectivity index (χ2v) is 14.1. The standard InChI is InChI=1S/C38H44O5/c1-24-34-30(22-39)21-37(38(34,42)43-3)33(41)14-10-25-7-6-8-31(18-25)36(15-4-5-16-36)32(23-40)28-13-12-27-11-9-26(17-29(27)19-28)20-35(24,37)2/h6-9,11-13,17-19,30,32,34,39-40,42H,1,4-5,10,14-16,20-23H2,2-3H3/t30-,32+,34-,35+,37-,38-/m0/s1. The van der Waals surface area contributed by atoms with E-state index in [9.17, 15) is 20.1 Å². The number of aliphatic hydroxyl groups excluding tert-OH is 2. The number of benzene rings is 3. The number of ketones is 1. The summed E-state index contributed by atoms with van der Waals surface area (Å²) in [6, 6.07) is 21.7. The molecule has 3 saturated carbocycles. The first kappa shape index (κ1) is 28.9. The molecular weight excluding hydrogens is 536 g/mol. The van der Waals surface area contributed by atoms with Crippen LogP contribution in [0, 0.1) is 22.7 Å². The molecule has 7 rings (SSSR count). The zero-order valence-electron chi connectivity index (χ0n) is 25.4. The van der Waals surface area contributed by atoms with Gasteiger partial charge in [-0.25, -0.2) is 0 Å². The van der Waals surface area contributed by atoms with E-state index in [0.29, 0.717) is 19.3 Å². The Kier molecular flexibility index (Phi) is 6.79. The maximum atomic E-state index is 14.7. The summed E-state index contributed by atoms with van der Waals surface area (Å²) in [5.74, 6) is -2.60. The van der Waals surface area contributed by atoms with Crippen molar-refractivity contribution in [1.29, 1.82) is 0 Å². The van der Waals surface area contributed by atoms with Crippen LogP contribution in [-0.4, -0.2) is 47.2 Å². The molecular formula is C38H44O5. The van der Waals surface area contributed by atoms with E-state index in [0.717, 1.165) is 58.7 Å². The van der Waals surface area contributed by atoms with Crippen LogP contribution in [0.4, 0.5) is 0 Å². The third-order valence-corrected chi connectivity index (χ3v) is 12.5. The van der Waals surface area contributed by atoms with Gasteiger partial charge >= 0.3 is 0 Å². The zero-order chi connectivity index (χ0) is 30.2. The molecule has 0 unspecified atom stereocenters. The molecule has 5 heteroatoms. The quantitative estimate of drug-likeness (QED) is 0.261. The van der Waals surface area contributed by atoms with Gasteiger partial charge < -0.3 is 20.1 Å². The van der Waals surface area contributed by atoms with Crippen LogP contribution >= 0.6 is 0 Å². The SMILES string of the molecule is C=C1[C@H]2[C@H](CO)C[C@@]3(C(=O)CCc4cccc(c4)C4(CCCC4)[C@H](CO)c4ccc5ccc(cc5c4)C[C@]13C)[C@@]2(O)OC. The fourth-order valence-corrected chi connectivity index (χ4v) is 10.4. The molecule has 0 amide bonds. The third-order valence-electron chi connectivity index (χ3n) is 12.5. The Morgan fingerprint density at radius 1 is 0.930 bits per heavy atom. The molecule has 0 radical (unpaired) electrons. The van der Waals surface area contributed by atoms with Crippen LogP contribution in [0.3, 0.4) is 0 Å². The van der Waals surface area contributed by atoms with Crippen LogP contribution in [0.2, 0.25) is 0 Å². The van der Waals surface area contributed by atoms with Gasteiger partial charge in [0, 0.05) is 42.8 Å².